The van der Waals surface area contributed by atoms with E-state index in [0.717, 1.165) is 19.3 Å². The van der Waals surface area contributed by atoms with E-state index >= 15 is 0 Å². The van der Waals surface area contributed by atoms with Gasteiger partial charge in [-0.25, -0.2) is 0 Å². The summed E-state index contributed by atoms with van der Waals surface area (Å²) >= 11 is 0. The Morgan fingerprint density at radius 2 is 1.94 bits per heavy atom. The molecule has 3 N–H and O–H groups in total. The number of aliphatic hydroxyl groups is 2. The Labute approximate surface area is 110 Å². The third-order valence-electron chi connectivity index (χ3n) is 2.63. The predicted octanol–water partition coefficient (Wildman–Crippen LogP) is 1.62. The number of rotatable bonds is 9. The molecule has 0 bridgehead atoms. The molecular weight excluding hydrogens is 230 g/mol. The van der Waals surface area contributed by atoms with Crippen LogP contribution in [0.5, 0.6) is 0 Å². The lowest BCUT2D eigenvalue weighted by atomic mass is 10.1. The molecule has 4 nitrogen and oxygen atoms in total. The molecule has 0 aliphatic carbocycles. The Morgan fingerprint density at radius 1 is 1.28 bits per heavy atom. The highest BCUT2D eigenvalue weighted by Crippen LogP contribution is 2.07. The number of carbonyl (C=O) groups excluding carboxylic acids is 1. The first kappa shape index (κ1) is 17.1. The molecule has 2 atom stereocenters. The molecule has 0 aromatic heterocycles. The molecule has 0 aromatic rings. The topological polar surface area (TPSA) is 69.6 Å². The molecule has 0 aliphatic heterocycles. The standard InChI is InChI=1S/C14H27NO3/c1-4-5-6-7-12(16)13(17)8-9-14(18)15-10-11(2)3/h8-9,11-13,16-17H,4-7,10H2,1-3H3,(H,15,18)/b9-8+. The van der Waals surface area contributed by atoms with Crippen LogP contribution in [0.25, 0.3) is 0 Å². The highest BCUT2D eigenvalue weighted by molar-refractivity contribution is 5.87. The minimum absolute atomic E-state index is 0.233. The van der Waals surface area contributed by atoms with Gasteiger partial charge in [-0.1, -0.05) is 40.0 Å². The predicted molar refractivity (Wildman–Crippen MR) is 73.1 cm³/mol. The van der Waals surface area contributed by atoms with Crippen LogP contribution in [0, 0.1) is 5.92 Å². The highest BCUT2D eigenvalue weighted by Gasteiger charge is 2.12. The lowest BCUT2D eigenvalue weighted by Gasteiger charge is -2.14. The van der Waals surface area contributed by atoms with Gasteiger partial charge in [0, 0.05) is 12.6 Å². The van der Waals surface area contributed by atoms with Crippen LogP contribution >= 0.6 is 0 Å². The molecule has 0 saturated carbocycles. The van der Waals surface area contributed by atoms with E-state index in [4.69, 9.17) is 0 Å². The number of hydrogen-bond acceptors (Lipinski definition) is 3. The number of aliphatic hydroxyl groups excluding tert-OH is 2. The van der Waals surface area contributed by atoms with Crippen molar-refractivity contribution in [2.75, 3.05) is 6.54 Å². The second-order valence-electron chi connectivity index (χ2n) is 5.05. The van der Waals surface area contributed by atoms with E-state index in [-0.39, 0.29) is 5.91 Å². The molecule has 2 unspecified atom stereocenters. The smallest absolute Gasteiger partial charge is 0.243 e. The molecule has 0 spiro atoms. The number of unbranched alkanes of at least 4 members (excludes halogenated alkanes) is 2. The molecular formula is C14H27NO3. The maximum absolute atomic E-state index is 11.3. The number of amides is 1. The Balaban J connectivity index is 3.89. The van der Waals surface area contributed by atoms with Crippen molar-refractivity contribution in [1.82, 2.24) is 5.32 Å². The van der Waals surface area contributed by atoms with Crippen molar-refractivity contribution in [3.8, 4) is 0 Å². The molecule has 0 saturated heterocycles. The van der Waals surface area contributed by atoms with Crippen LogP contribution < -0.4 is 5.32 Å². The van der Waals surface area contributed by atoms with E-state index in [2.05, 4.69) is 12.2 Å². The van der Waals surface area contributed by atoms with Gasteiger partial charge >= 0.3 is 0 Å². The Bertz CT molecular complexity index is 251. The van der Waals surface area contributed by atoms with Crippen molar-refractivity contribution < 1.29 is 15.0 Å². The zero-order valence-electron chi connectivity index (χ0n) is 11.7. The summed E-state index contributed by atoms with van der Waals surface area (Å²) < 4.78 is 0. The van der Waals surface area contributed by atoms with Crippen molar-refractivity contribution in [1.29, 1.82) is 0 Å². The van der Waals surface area contributed by atoms with Gasteiger partial charge in [-0.3, -0.25) is 4.79 Å². The molecule has 18 heavy (non-hydrogen) atoms. The maximum Gasteiger partial charge on any atom is 0.243 e. The van der Waals surface area contributed by atoms with Crippen molar-refractivity contribution in [2.45, 2.75) is 58.7 Å². The summed E-state index contributed by atoms with van der Waals surface area (Å²) in [5.41, 5.74) is 0. The molecule has 0 rings (SSSR count). The molecule has 1 amide bonds. The average Bonchev–Trinajstić information content (AvgIpc) is 2.33. The minimum atomic E-state index is -0.966. The normalized spacial score (nSPS) is 15.0. The van der Waals surface area contributed by atoms with Crippen LogP contribution in [-0.4, -0.2) is 34.9 Å². The van der Waals surface area contributed by atoms with Gasteiger partial charge in [0.15, 0.2) is 0 Å². The first-order chi connectivity index (χ1) is 8.47. The molecule has 0 radical (unpaired) electrons. The van der Waals surface area contributed by atoms with Crippen molar-refractivity contribution in [3.05, 3.63) is 12.2 Å². The van der Waals surface area contributed by atoms with Gasteiger partial charge in [0.2, 0.25) is 5.91 Å². The molecule has 4 heteroatoms. The Kier molecular flexibility index (Phi) is 9.60. The van der Waals surface area contributed by atoms with Crippen molar-refractivity contribution in [2.24, 2.45) is 5.92 Å². The van der Waals surface area contributed by atoms with E-state index in [0.29, 0.717) is 18.9 Å². The Morgan fingerprint density at radius 3 is 2.50 bits per heavy atom. The molecule has 0 aromatic carbocycles. The summed E-state index contributed by atoms with van der Waals surface area (Å²) in [6.45, 7) is 6.72. The fourth-order valence-corrected chi connectivity index (χ4v) is 1.45. The van der Waals surface area contributed by atoms with Gasteiger partial charge in [-0.2, -0.15) is 0 Å². The first-order valence-corrected chi connectivity index (χ1v) is 6.79. The first-order valence-electron chi connectivity index (χ1n) is 6.79. The van der Waals surface area contributed by atoms with Gasteiger partial charge in [0.1, 0.15) is 0 Å². The average molecular weight is 257 g/mol. The summed E-state index contributed by atoms with van der Waals surface area (Å²) in [6.07, 6.45) is 4.47. The Hall–Kier alpha value is -0.870. The van der Waals surface area contributed by atoms with Crippen LogP contribution in [-0.2, 0) is 4.79 Å². The molecule has 0 heterocycles. The fraction of sp³-hybridized carbons (Fsp3) is 0.786. The lowest BCUT2D eigenvalue weighted by molar-refractivity contribution is -0.116. The summed E-state index contributed by atoms with van der Waals surface area (Å²) in [4.78, 5) is 11.3. The van der Waals surface area contributed by atoms with Crippen molar-refractivity contribution >= 4 is 5.91 Å². The van der Waals surface area contributed by atoms with E-state index in [1.54, 1.807) is 0 Å². The summed E-state index contributed by atoms with van der Waals surface area (Å²) in [5, 5.41) is 22.0. The van der Waals surface area contributed by atoms with Gasteiger partial charge in [-0.05, 0) is 18.4 Å². The van der Waals surface area contributed by atoms with E-state index in [1.165, 1.54) is 12.2 Å². The van der Waals surface area contributed by atoms with Gasteiger partial charge in [-0.15, -0.1) is 0 Å². The number of carbonyl (C=O) groups is 1. The molecule has 0 fully saturated rings. The zero-order valence-corrected chi connectivity index (χ0v) is 11.7. The third kappa shape index (κ3) is 9.19. The van der Waals surface area contributed by atoms with Crippen LogP contribution in [0.15, 0.2) is 12.2 Å². The number of nitrogens with one attached hydrogen (secondary N) is 1. The van der Waals surface area contributed by atoms with E-state index < -0.39 is 12.2 Å². The fourth-order valence-electron chi connectivity index (χ4n) is 1.45. The summed E-state index contributed by atoms with van der Waals surface area (Å²) in [5.74, 6) is 0.162. The minimum Gasteiger partial charge on any atom is -0.390 e. The SMILES string of the molecule is CCCCCC(O)C(O)/C=C/C(=O)NCC(C)C. The molecule has 106 valence electrons. The largest absolute Gasteiger partial charge is 0.390 e. The highest BCUT2D eigenvalue weighted by atomic mass is 16.3. The lowest BCUT2D eigenvalue weighted by Crippen LogP contribution is -2.27. The van der Waals surface area contributed by atoms with E-state index in [1.807, 2.05) is 13.8 Å². The third-order valence-corrected chi connectivity index (χ3v) is 2.63. The summed E-state index contributed by atoms with van der Waals surface area (Å²) in [6, 6.07) is 0. The molecule has 0 aliphatic rings. The van der Waals surface area contributed by atoms with Gasteiger partial charge in [0.05, 0.1) is 12.2 Å². The van der Waals surface area contributed by atoms with E-state index in [9.17, 15) is 15.0 Å². The monoisotopic (exact) mass is 257 g/mol. The van der Waals surface area contributed by atoms with Crippen LogP contribution in [0.1, 0.15) is 46.5 Å². The van der Waals surface area contributed by atoms with Gasteiger partial charge < -0.3 is 15.5 Å². The van der Waals surface area contributed by atoms with Crippen LogP contribution in [0.4, 0.5) is 0 Å². The maximum atomic E-state index is 11.3. The number of hydrogen-bond donors (Lipinski definition) is 3. The summed E-state index contributed by atoms with van der Waals surface area (Å²) in [7, 11) is 0. The second-order valence-corrected chi connectivity index (χ2v) is 5.05. The van der Waals surface area contributed by atoms with Crippen LogP contribution in [0.2, 0.25) is 0 Å². The zero-order chi connectivity index (χ0) is 14.0. The second kappa shape index (κ2) is 10.1. The van der Waals surface area contributed by atoms with Gasteiger partial charge in [0.25, 0.3) is 0 Å². The van der Waals surface area contributed by atoms with Crippen LogP contribution in [0.3, 0.4) is 0 Å². The quantitative estimate of drug-likeness (QED) is 0.434. The van der Waals surface area contributed by atoms with Crippen molar-refractivity contribution in [3.63, 3.8) is 0 Å².